The number of hydrogen-bond acceptors (Lipinski definition) is 10. The van der Waals surface area contributed by atoms with Gasteiger partial charge in [0, 0.05) is 6.42 Å². The molecule has 8 unspecified atom stereocenters. The van der Waals surface area contributed by atoms with Gasteiger partial charge in [-0.25, -0.2) is 0 Å². The summed E-state index contributed by atoms with van der Waals surface area (Å²) in [5.41, 5.74) is 0. The maximum Gasteiger partial charge on any atom is 0.306 e. The lowest BCUT2D eigenvalue weighted by molar-refractivity contribution is -0.305. The molecule has 0 aromatic heterocycles. The van der Waals surface area contributed by atoms with E-state index in [9.17, 15) is 35.1 Å². The van der Waals surface area contributed by atoms with Crippen molar-refractivity contribution in [2.75, 3.05) is 13.2 Å². The van der Waals surface area contributed by atoms with E-state index in [2.05, 4.69) is 74.7 Å². The normalized spacial score (nSPS) is 19.4. The largest absolute Gasteiger partial charge is 0.454 e. The van der Waals surface area contributed by atoms with Crippen molar-refractivity contribution >= 4 is 11.9 Å². The van der Waals surface area contributed by atoms with Gasteiger partial charge in [0.2, 0.25) is 5.91 Å². The van der Waals surface area contributed by atoms with Crippen LogP contribution >= 0.6 is 0 Å². The quantitative estimate of drug-likeness (QED) is 0.0195. The van der Waals surface area contributed by atoms with E-state index < -0.39 is 67.4 Å². The van der Waals surface area contributed by atoms with E-state index in [1.54, 1.807) is 6.08 Å². The molecule has 0 saturated carbocycles. The number of amides is 1. The van der Waals surface area contributed by atoms with Crippen LogP contribution < -0.4 is 5.32 Å². The molecular formula is C66H119NO10. The van der Waals surface area contributed by atoms with E-state index in [0.29, 0.717) is 12.8 Å². The van der Waals surface area contributed by atoms with Crippen LogP contribution in [-0.2, 0) is 23.8 Å². The molecule has 0 aromatic rings. The molecular weight excluding hydrogens is 967 g/mol. The number of aliphatic hydroxyl groups excluding tert-OH is 5. The molecule has 0 spiro atoms. The number of nitrogens with one attached hydrogen (secondary N) is 1. The Balaban J connectivity index is 2.65. The van der Waals surface area contributed by atoms with Gasteiger partial charge in [0.15, 0.2) is 12.4 Å². The summed E-state index contributed by atoms with van der Waals surface area (Å²) in [6.07, 6.45) is 56.8. The van der Waals surface area contributed by atoms with Crippen LogP contribution in [0.5, 0.6) is 0 Å². The fourth-order valence-corrected chi connectivity index (χ4v) is 9.77. The maximum absolute atomic E-state index is 13.4. The monoisotopic (exact) mass is 1090 g/mol. The molecule has 11 heteroatoms. The molecule has 1 rings (SSSR count). The molecule has 1 aliphatic heterocycles. The minimum Gasteiger partial charge on any atom is -0.454 e. The molecule has 0 aromatic carbocycles. The molecule has 1 heterocycles. The fraction of sp³-hybridized carbons (Fsp3) is 0.818. The van der Waals surface area contributed by atoms with Crippen LogP contribution in [0.15, 0.2) is 60.8 Å². The Morgan fingerprint density at radius 1 is 0.506 bits per heavy atom. The summed E-state index contributed by atoms with van der Waals surface area (Å²) < 4.78 is 17.6. The Morgan fingerprint density at radius 2 is 0.896 bits per heavy atom. The van der Waals surface area contributed by atoms with E-state index in [1.165, 1.54) is 141 Å². The van der Waals surface area contributed by atoms with Crippen molar-refractivity contribution in [3.05, 3.63) is 60.8 Å². The number of rotatable bonds is 54. The summed E-state index contributed by atoms with van der Waals surface area (Å²) in [4.78, 5) is 26.6. The first-order chi connectivity index (χ1) is 37.7. The van der Waals surface area contributed by atoms with Crippen LogP contribution in [0.2, 0.25) is 0 Å². The van der Waals surface area contributed by atoms with Crippen LogP contribution in [-0.4, -0.2) is 99.6 Å². The minimum absolute atomic E-state index is 0.117. The smallest absolute Gasteiger partial charge is 0.306 e. The van der Waals surface area contributed by atoms with Crippen LogP contribution in [0.25, 0.3) is 0 Å². The average Bonchev–Trinajstić information content (AvgIpc) is 3.43. The van der Waals surface area contributed by atoms with Crippen molar-refractivity contribution in [2.24, 2.45) is 0 Å². The number of allylic oxidation sites excluding steroid dienone is 9. The molecule has 0 bridgehead atoms. The van der Waals surface area contributed by atoms with Crippen molar-refractivity contribution < 1.29 is 49.3 Å². The van der Waals surface area contributed by atoms with Crippen LogP contribution in [0.1, 0.15) is 284 Å². The van der Waals surface area contributed by atoms with Gasteiger partial charge < -0.3 is 45.1 Å². The number of carbonyl (C=O) groups excluding carboxylic acids is 2. The van der Waals surface area contributed by atoms with Crippen molar-refractivity contribution in [1.82, 2.24) is 5.32 Å². The van der Waals surface area contributed by atoms with Gasteiger partial charge in [-0.05, 0) is 89.9 Å². The number of aliphatic hydroxyl groups is 5. The molecule has 6 N–H and O–H groups in total. The lowest BCUT2D eigenvalue weighted by Gasteiger charge is -2.41. The van der Waals surface area contributed by atoms with Gasteiger partial charge in [0.05, 0.1) is 25.4 Å². The fourth-order valence-electron chi connectivity index (χ4n) is 9.77. The van der Waals surface area contributed by atoms with E-state index >= 15 is 0 Å². The molecule has 77 heavy (non-hydrogen) atoms. The van der Waals surface area contributed by atoms with Gasteiger partial charge in [-0.3, -0.25) is 9.59 Å². The summed E-state index contributed by atoms with van der Waals surface area (Å²) in [6, 6.07) is -1.03. The number of carbonyl (C=O) groups is 2. The zero-order chi connectivity index (χ0) is 56.1. The number of ether oxygens (including phenoxy) is 3. The molecule has 1 saturated heterocycles. The topological polar surface area (TPSA) is 175 Å². The Labute approximate surface area is 471 Å². The molecule has 11 nitrogen and oxygen atoms in total. The lowest BCUT2D eigenvalue weighted by Crippen LogP contribution is -2.61. The average molecular weight is 1090 g/mol. The second-order valence-corrected chi connectivity index (χ2v) is 22.1. The van der Waals surface area contributed by atoms with Crippen molar-refractivity contribution in [2.45, 2.75) is 333 Å². The highest BCUT2D eigenvalue weighted by Gasteiger charge is 2.47. The second-order valence-electron chi connectivity index (χ2n) is 22.1. The number of hydrogen-bond donors (Lipinski definition) is 6. The zero-order valence-corrected chi connectivity index (χ0v) is 49.6. The molecule has 448 valence electrons. The minimum atomic E-state index is -1.62. The van der Waals surface area contributed by atoms with Gasteiger partial charge in [-0.1, -0.05) is 248 Å². The van der Waals surface area contributed by atoms with E-state index in [1.807, 2.05) is 6.08 Å². The lowest BCUT2D eigenvalue weighted by atomic mass is 9.99. The molecule has 0 radical (unpaired) electrons. The predicted octanol–water partition coefficient (Wildman–Crippen LogP) is 15.4. The summed E-state index contributed by atoms with van der Waals surface area (Å²) in [5, 5.41) is 57.0. The van der Waals surface area contributed by atoms with Crippen LogP contribution in [0.4, 0.5) is 0 Å². The summed E-state index contributed by atoms with van der Waals surface area (Å²) >= 11 is 0. The first-order valence-corrected chi connectivity index (χ1v) is 32.1. The highest BCUT2D eigenvalue weighted by molar-refractivity contribution is 5.80. The summed E-state index contributed by atoms with van der Waals surface area (Å²) in [7, 11) is 0. The van der Waals surface area contributed by atoms with Gasteiger partial charge in [-0.2, -0.15) is 0 Å². The van der Waals surface area contributed by atoms with Gasteiger partial charge in [-0.15, -0.1) is 0 Å². The van der Waals surface area contributed by atoms with E-state index in [0.717, 1.165) is 96.3 Å². The molecule has 1 amide bonds. The second kappa shape index (κ2) is 54.0. The highest BCUT2D eigenvalue weighted by Crippen LogP contribution is 2.26. The predicted molar refractivity (Wildman–Crippen MR) is 320 cm³/mol. The standard InChI is InChI=1S/C66H119NO10/c1-4-7-10-13-16-19-22-24-26-28-29-30-32-33-35-38-41-44-47-50-53-59(70)65(74)67-57(58(69)52-49-46-43-40-37-21-18-15-12-9-6-3)56-75-66-64(63(73)62(72)60(55-68)76-66)77-61(71)54-51-48-45-42-39-36-34-31-27-25-23-20-17-14-11-8-5-2/h16,19,24-27,29-30,49,52,57-60,62-64,66,68-70,72-73H,4-15,17-18,20-23,28,31-48,50-51,53-56H2,1-3H3,(H,67,74)/b19-16-,26-24-,27-25+,30-29-,52-49+. The number of unbranched alkanes of at least 4 members (excludes halogenated alkanes) is 32. The molecule has 8 atom stereocenters. The van der Waals surface area contributed by atoms with Crippen molar-refractivity contribution in [3.8, 4) is 0 Å². The third-order valence-corrected chi connectivity index (χ3v) is 14.9. The molecule has 0 aliphatic carbocycles. The zero-order valence-electron chi connectivity index (χ0n) is 49.6. The number of esters is 1. The van der Waals surface area contributed by atoms with E-state index in [-0.39, 0.29) is 19.4 Å². The maximum atomic E-state index is 13.4. The Kier molecular flexibility index (Phi) is 50.7. The Hall–Kier alpha value is -2.64. The van der Waals surface area contributed by atoms with E-state index in [4.69, 9.17) is 14.2 Å². The van der Waals surface area contributed by atoms with Crippen LogP contribution in [0.3, 0.4) is 0 Å². The molecule has 1 aliphatic rings. The third-order valence-electron chi connectivity index (χ3n) is 14.9. The van der Waals surface area contributed by atoms with Gasteiger partial charge in [0.1, 0.15) is 24.4 Å². The highest BCUT2D eigenvalue weighted by atomic mass is 16.7. The van der Waals surface area contributed by atoms with Crippen molar-refractivity contribution in [3.63, 3.8) is 0 Å². The third kappa shape index (κ3) is 42.0. The first kappa shape index (κ1) is 72.4. The van der Waals surface area contributed by atoms with Crippen LogP contribution in [0, 0.1) is 0 Å². The SMILES string of the molecule is CCCCC/C=C\C/C=C\C/C=C\CCCCCCCCCC(O)C(=O)NC(COC1OC(CO)C(O)C(O)C1OC(=O)CCCCCCCCC/C=C/CCCCCCCC)C(O)/C=C/CCCCCCCCCCC. The van der Waals surface area contributed by atoms with Crippen molar-refractivity contribution in [1.29, 1.82) is 0 Å². The molecule has 1 fully saturated rings. The Bertz CT molecular complexity index is 1480. The van der Waals surface area contributed by atoms with Gasteiger partial charge in [0.25, 0.3) is 0 Å². The van der Waals surface area contributed by atoms with Gasteiger partial charge >= 0.3 is 5.97 Å². The Morgan fingerprint density at radius 3 is 1.38 bits per heavy atom. The summed E-state index contributed by atoms with van der Waals surface area (Å²) in [5.74, 6) is -1.20. The summed E-state index contributed by atoms with van der Waals surface area (Å²) in [6.45, 7) is 5.76. The first-order valence-electron chi connectivity index (χ1n) is 32.1.